The number of ether oxygens (including phenoxy) is 1. The second kappa shape index (κ2) is 7.14. The molecular weight excluding hydrogens is 326 g/mol. The standard InChI is InChI=1S/C19H24ClNO3/c1-12-10-15(22)19-16(9-8-14(20)18(12)19)24-11-17(23)21(2)13-6-4-3-5-7-13/h8-9,12-13H,3-7,10-11H2,1-2H3/t12-/m1/s1. The van der Waals surface area contributed by atoms with E-state index in [4.69, 9.17) is 16.3 Å². The summed E-state index contributed by atoms with van der Waals surface area (Å²) >= 11 is 6.23. The zero-order valence-corrected chi connectivity index (χ0v) is 15.1. The van der Waals surface area contributed by atoms with E-state index in [0.29, 0.717) is 28.8 Å². The Labute approximate surface area is 148 Å². The molecule has 3 rings (SSSR count). The van der Waals surface area contributed by atoms with Crippen molar-refractivity contribution in [1.82, 2.24) is 4.90 Å². The average molecular weight is 350 g/mol. The Bertz CT molecular complexity index is 652. The first-order valence-electron chi connectivity index (χ1n) is 8.73. The van der Waals surface area contributed by atoms with Crippen LogP contribution < -0.4 is 4.74 Å². The second-order valence-corrected chi connectivity index (χ2v) is 7.35. The molecule has 1 amide bonds. The first-order chi connectivity index (χ1) is 11.5. The first-order valence-corrected chi connectivity index (χ1v) is 9.11. The third-order valence-corrected chi connectivity index (χ3v) is 5.61. The third kappa shape index (κ3) is 3.30. The van der Waals surface area contributed by atoms with Crippen LogP contribution in [0.5, 0.6) is 5.75 Å². The van der Waals surface area contributed by atoms with Crippen LogP contribution in [0, 0.1) is 0 Å². The van der Waals surface area contributed by atoms with Gasteiger partial charge in [-0.1, -0.05) is 37.8 Å². The Balaban J connectivity index is 1.69. The molecule has 0 aromatic heterocycles. The van der Waals surface area contributed by atoms with E-state index >= 15 is 0 Å². The van der Waals surface area contributed by atoms with Gasteiger partial charge in [0.05, 0.1) is 5.56 Å². The van der Waals surface area contributed by atoms with Crippen LogP contribution in [0.1, 0.15) is 67.3 Å². The van der Waals surface area contributed by atoms with Crippen LogP contribution in [0.4, 0.5) is 0 Å². The van der Waals surface area contributed by atoms with Crippen molar-refractivity contribution in [3.63, 3.8) is 0 Å². The van der Waals surface area contributed by atoms with Gasteiger partial charge in [-0.05, 0) is 36.5 Å². The number of ketones is 1. The Kier molecular flexibility index (Phi) is 5.14. The first kappa shape index (κ1) is 17.3. The quantitative estimate of drug-likeness (QED) is 0.818. The van der Waals surface area contributed by atoms with Crippen molar-refractivity contribution in [2.75, 3.05) is 13.7 Å². The minimum atomic E-state index is -0.0390. The van der Waals surface area contributed by atoms with Gasteiger partial charge in [0.15, 0.2) is 12.4 Å². The second-order valence-electron chi connectivity index (χ2n) is 6.95. The van der Waals surface area contributed by atoms with Crippen LogP contribution in [0.3, 0.4) is 0 Å². The van der Waals surface area contributed by atoms with Crippen molar-refractivity contribution in [3.8, 4) is 5.75 Å². The maximum Gasteiger partial charge on any atom is 0.260 e. The molecule has 1 aromatic rings. The zero-order valence-electron chi connectivity index (χ0n) is 14.3. The van der Waals surface area contributed by atoms with Crippen LogP contribution in [0.25, 0.3) is 0 Å². The van der Waals surface area contributed by atoms with Crippen molar-refractivity contribution in [1.29, 1.82) is 0 Å². The van der Waals surface area contributed by atoms with Crippen LogP contribution in [0.2, 0.25) is 5.02 Å². The fourth-order valence-electron chi connectivity index (χ4n) is 3.86. The Morgan fingerprint density at radius 3 is 2.71 bits per heavy atom. The molecule has 5 heteroatoms. The van der Waals surface area contributed by atoms with Crippen molar-refractivity contribution >= 4 is 23.3 Å². The normalized spacial score (nSPS) is 20.8. The number of benzene rings is 1. The van der Waals surface area contributed by atoms with Gasteiger partial charge in [-0.15, -0.1) is 0 Å². The van der Waals surface area contributed by atoms with E-state index in [1.54, 1.807) is 17.0 Å². The highest BCUT2D eigenvalue weighted by Gasteiger charge is 2.32. The SMILES string of the molecule is C[C@@H]1CC(=O)c2c(OCC(=O)N(C)C3CCCCC3)ccc(Cl)c21. The molecule has 0 saturated heterocycles. The summed E-state index contributed by atoms with van der Waals surface area (Å²) in [5.41, 5.74) is 1.41. The fourth-order valence-corrected chi connectivity index (χ4v) is 4.20. The number of carbonyl (C=O) groups is 2. The minimum Gasteiger partial charge on any atom is -0.483 e. The lowest BCUT2D eigenvalue weighted by Crippen LogP contribution is -2.40. The number of Topliss-reactive ketones (excluding diaryl/α,β-unsaturated/α-hetero) is 1. The summed E-state index contributed by atoms with van der Waals surface area (Å²) in [5, 5.41) is 0.598. The van der Waals surface area contributed by atoms with Gasteiger partial charge in [0, 0.05) is 24.5 Å². The lowest BCUT2D eigenvalue weighted by Gasteiger charge is -2.31. The summed E-state index contributed by atoms with van der Waals surface area (Å²) in [7, 11) is 1.85. The number of likely N-dealkylation sites (N-methyl/N-ethyl adjacent to an activating group) is 1. The fraction of sp³-hybridized carbons (Fsp3) is 0.579. The largest absolute Gasteiger partial charge is 0.483 e. The lowest BCUT2D eigenvalue weighted by atomic mass is 9.94. The number of halogens is 1. The highest BCUT2D eigenvalue weighted by Crippen LogP contribution is 2.42. The molecule has 0 heterocycles. The number of hydrogen-bond acceptors (Lipinski definition) is 3. The maximum atomic E-state index is 12.4. The summed E-state index contributed by atoms with van der Waals surface area (Å²) in [6, 6.07) is 3.76. The molecule has 1 aromatic carbocycles. The summed E-state index contributed by atoms with van der Waals surface area (Å²) in [6.07, 6.45) is 6.20. The summed E-state index contributed by atoms with van der Waals surface area (Å²) in [4.78, 5) is 26.5. The van der Waals surface area contributed by atoms with E-state index in [2.05, 4.69) is 0 Å². The average Bonchev–Trinajstić information content (AvgIpc) is 2.90. The smallest absolute Gasteiger partial charge is 0.260 e. The van der Waals surface area contributed by atoms with Gasteiger partial charge in [-0.25, -0.2) is 0 Å². The van der Waals surface area contributed by atoms with Gasteiger partial charge in [-0.2, -0.15) is 0 Å². The van der Waals surface area contributed by atoms with E-state index in [1.165, 1.54) is 19.3 Å². The highest BCUT2D eigenvalue weighted by atomic mass is 35.5. The monoisotopic (exact) mass is 349 g/mol. The molecule has 0 aliphatic heterocycles. The zero-order chi connectivity index (χ0) is 17.3. The summed E-state index contributed by atoms with van der Waals surface area (Å²) in [6.45, 7) is 1.95. The molecular formula is C19H24ClNO3. The van der Waals surface area contributed by atoms with E-state index in [-0.39, 0.29) is 24.2 Å². The topological polar surface area (TPSA) is 46.6 Å². The van der Waals surface area contributed by atoms with Crippen molar-refractivity contribution in [2.45, 2.75) is 57.4 Å². The predicted octanol–water partition coefficient (Wildman–Crippen LogP) is 4.20. The van der Waals surface area contributed by atoms with Gasteiger partial charge in [0.1, 0.15) is 5.75 Å². The van der Waals surface area contributed by atoms with Gasteiger partial charge < -0.3 is 9.64 Å². The molecule has 0 unspecified atom stereocenters. The molecule has 1 saturated carbocycles. The molecule has 24 heavy (non-hydrogen) atoms. The number of nitrogens with zero attached hydrogens (tertiary/aromatic N) is 1. The van der Waals surface area contributed by atoms with Gasteiger partial charge in [-0.3, -0.25) is 9.59 Å². The van der Waals surface area contributed by atoms with Crippen LogP contribution >= 0.6 is 11.6 Å². The Morgan fingerprint density at radius 1 is 1.29 bits per heavy atom. The number of amides is 1. The minimum absolute atomic E-state index is 0.0379. The third-order valence-electron chi connectivity index (χ3n) is 5.28. The number of hydrogen-bond donors (Lipinski definition) is 0. The van der Waals surface area contributed by atoms with Crippen molar-refractivity contribution in [3.05, 3.63) is 28.3 Å². The predicted molar refractivity (Wildman–Crippen MR) is 94.0 cm³/mol. The van der Waals surface area contributed by atoms with Crippen LogP contribution in [-0.2, 0) is 4.79 Å². The van der Waals surface area contributed by atoms with E-state index in [1.807, 2.05) is 14.0 Å². The van der Waals surface area contributed by atoms with Gasteiger partial charge >= 0.3 is 0 Å². The number of fused-ring (bicyclic) bond motifs is 1. The maximum absolute atomic E-state index is 12.4. The number of carbonyl (C=O) groups excluding carboxylic acids is 2. The highest BCUT2D eigenvalue weighted by molar-refractivity contribution is 6.32. The Morgan fingerprint density at radius 2 is 2.00 bits per heavy atom. The van der Waals surface area contributed by atoms with E-state index in [9.17, 15) is 9.59 Å². The molecule has 2 aliphatic rings. The summed E-state index contributed by atoms with van der Waals surface area (Å²) in [5.74, 6) is 0.588. The van der Waals surface area contributed by atoms with Crippen molar-refractivity contribution in [2.24, 2.45) is 0 Å². The molecule has 1 fully saturated rings. The van der Waals surface area contributed by atoms with Crippen molar-refractivity contribution < 1.29 is 14.3 Å². The molecule has 4 nitrogen and oxygen atoms in total. The molecule has 130 valence electrons. The molecule has 0 N–H and O–H groups in total. The van der Waals surface area contributed by atoms with Gasteiger partial charge in [0.2, 0.25) is 0 Å². The molecule has 0 spiro atoms. The van der Waals surface area contributed by atoms with Crippen LogP contribution in [0.15, 0.2) is 12.1 Å². The molecule has 0 bridgehead atoms. The van der Waals surface area contributed by atoms with Crippen LogP contribution in [-0.4, -0.2) is 36.3 Å². The molecule has 0 radical (unpaired) electrons. The van der Waals surface area contributed by atoms with Gasteiger partial charge in [0.25, 0.3) is 5.91 Å². The van der Waals surface area contributed by atoms with E-state index in [0.717, 1.165) is 18.4 Å². The van der Waals surface area contributed by atoms with E-state index < -0.39 is 0 Å². The molecule has 2 aliphatic carbocycles. The molecule has 1 atom stereocenters. The number of rotatable bonds is 4. The lowest BCUT2D eigenvalue weighted by molar-refractivity contribution is -0.134. The Hall–Kier alpha value is -1.55. The summed E-state index contributed by atoms with van der Waals surface area (Å²) < 4.78 is 5.73.